The molecule has 2 atom stereocenters. The van der Waals surface area contributed by atoms with Crippen molar-refractivity contribution < 1.29 is 14.7 Å². The minimum atomic E-state index is -1.04. The van der Waals surface area contributed by atoms with Crippen LogP contribution in [0.25, 0.3) is 0 Å². The Labute approximate surface area is 118 Å². The van der Waals surface area contributed by atoms with Crippen LogP contribution in [0.2, 0.25) is 0 Å². The zero-order valence-corrected chi connectivity index (χ0v) is 11.8. The molecule has 20 heavy (non-hydrogen) atoms. The van der Waals surface area contributed by atoms with E-state index in [0.717, 1.165) is 19.3 Å². The Bertz CT molecular complexity index is 516. The van der Waals surface area contributed by atoms with Crippen LogP contribution < -0.4 is 5.32 Å². The Morgan fingerprint density at radius 2 is 2.05 bits per heavy atom. The Hall–Kier alpha value is -2.04. The summed E-state index contributed by atoms with van der Waals surface area (Å²) in [6.45, 7) is 4.09. The molecule has 0 aromatic heterocycles. The molecule has 2 rings (SSSR count). The van der Waals surface area contributed by atoms with E-state index >= 15 is 0 Å². The summed E-state index contributed by atoms with van der Waals surface area (Å²) in [6.07, 6.45) is 2.91. The molecular formula is C15H20N2O3. The van der Waals surface area contributed by atoms with E-state index < -0.39 is 5.97 Å². The number of aromatic carboxylic acids is 1. The summed E-state index contributed by atoms with van der Waals surface area (Å²) in [7, 11) is 0. The highest BCUT2D eigenvalue weighted by Gasteiger charge is 2.33. The number of urea groups is 1. The van der Waals surface area contributed by atoms with Gasteiger partial charge in [0.15, 0.2) is 0 Å². The molecular weight excluding hydrogens is 256 g/mol. The second-order valence-electron chi connectivity index (χ2n) is 5.18. The van der Waals surface area contributed by atoms with Gasteiger partial charge in [-0.2, -0.15) is 0 Å². The first-order valence-electron chi connectivity index (χ1n) is 6.96. The summed E-state index contributed by atoms with van der Waals surface area (Å²) in [4.78, 5) is 25.4. The van der Waals surface area contributed by atoms with Gasteiger partial charge in [0.1, 0.15) is 0 Å². The number of benzene rings is 1. The van der Waals surface area contributed by atoms with Gasteiger partial charge in [0, 0.05) is 12.1 Å². The van der Waals surface area contributed by atoms with E-state index in [-0.39, 0.29) is 23.7 Å². The summed E-state index contributed by atoms with van der Waals surface area (Å²) in [6, 6.07) is 6.68. The highest BCUT2D eigenvalue weighted by Crippen LogP contribution is 2.27. The molecule has 5 nitrogen and oxygen atoms in total. The van der Waals surface area contributed by atoms with Gasteiger partial charge in [-0.25, -0.2) is 9.59 Å². The van der Waals surface area contributed by atoms with Crippen LogP contribution >= 0.6 is 0 Å². The maximum absolute atomic E-state index is 12.4. The topological polar surface area (TPSA) is 69.6 Å². The molecule has 0 aliphatic carbocycles. The molecule has 5 heteroatoms. The van der Waals surface area contributed by atoms with E-state index in [9.17, 15) is 9.59 Å². The molecule has 2 unspecified atom stereocenters. The van der Waals surface area contributed by atoms with E-state index in [1.54, 1.807) is 18.2 Å². The monoisotopic (exact) mass is 276 g/mol. The van der Waals surface area contributed by atoms with Crippen LogP contribution in [0.1, 0.15) is 43.5 Å². The van der Waals surface area contributed by atoms with Crippen LogP contribution in [-0.4, -0.2) is 34.1 Å². The smallest absolute Gasteiger partial charge is 0.337 e. The van der Waals surface area contributed by atoms with Gasteiger partial charge in [-0.05, 0) is 38.3 Å². The van der Waals surface area contributed by atoms with Gasteiger partial charge >= 0.3 is 12.0 Å². The summed E-state index contributed by atoms with van der Waals surface area (Å²) < 4.78 is 0. The van der Waals surface area contributed by atoms with E-state index in [4.69, 9.17) is 5.11 Å². The number of para-hydroxylation sites is 1. The molecule has 2 amide bonds. The average Bonchev–Trinajstić information content (AvgIpc) is 2.80. The van der Waals surface area contributed by atoms with E-state index in [1.807, 2.05) is 11.8 Å². The van der Waals surface area contributed by atoms with Crippen molar-refractivity contribution in [2.75, 3.05) is 5.32 Å². The van der Waals surface area contributed by atoms with Gasteiger partial charge in [-0.15, -0.1) is 0 Å². The van der Waals surface area contributed by atoms with Crippen LogP contribution in [0.4, 0.5) is 10.5 Å². The van der Waals surface area contributed by atoms with Gasteiger partial charge < -0.3 is 15.3 Å². The second kappa shape index (κ2) is 5.94. The van der Waals surface area contributed by atoms with Gasteiger partial charge in [-0.1, -0.05) is 19.1 Å². The number of rotatable bonds is 3. The quantitative estimate of drug-likeness (QED) is 0.890. The lowest BCUT2D eigenvalue weighted by Crippen LogP contribution is -2.42. The minimum Gasteiger partial charge on any atom is -0.478 e. The zero-order valence-electron chi connectivity index (χ0n) is 11.8. The standard InChI is InChI=1S/C15H20N2O3/c1-3-11-9-8-10(2)17(11)15(20)16-13-7-5-4-6-12(13)14(18)19/h4-7,10-11H,3,8-9H2,1-2H3,(H,16,20)(H,18,19). The third-order valence-electron chi connectivity index (χ3n) is 3.89. The second-order valence-corrected chi connectivity index (χ2v) is 5.18. The summed E-state index contributed by atoms with van der Waals surface area (Å²) in [5.41, 5.74) is 0.458. The highest BCUT2D eigenvalue weighted by atomic mass is 16.4. The highest BCUT2D eigenvalue weighted by molar-refractivity contribution is 6.00. The summed E-state index contributed by atoms with van der Waals surface area (Å²) in [5.74, 6) is -1.04. The van der Waals surface area contributed by atoms with Gasteiger partial charge in [-0.3, -0.25) is 0 Å². The van der Waals surface area contributed by atoms with Gasteiger partial charge in [0.25, 0.3) is 0 Å². The Balaban J connectivity index is 2.18. The van der Waals surface area contributed by atoms with Crippen molar-refractivity contribution in [2.45, 2.75) is 45.2 Å². The van der Waals surface area contributed by atoms with E-state index in [2.05, 4.69) is 12.2 Å². The molecule has 0 bridgehead atoms. The van der Waals surface area contributed by atoms with E-state index in [0.29, 0.717) is 5.69 Å². The number of carbonyl (C=O) groups excluding carboxylic acids is 1. The molecule has 108 valence electrons. The fraction of sp³-hybridized carbons (Fsp3) is 0.467. The number of carboxylic acid groups (broad SMARTS) is 1. The maximum atomic E-state index is 12.4. The van der Waals surface area contributed by atoms with Crippen molar-refractivity contribution in [3.05, 3.63) is 29.8 Å². The molecule has 1 heterocycles. The lowest BCUT2D eigenvalue weighted by atomic mass is 10.1. The number of nitrogens with one attached hydrogen (secondary N) is 1. The molecule has 1 fully saturated rings. The third-order valence-corrected chi connectivity index (χ3v) is 3.89. The predicted octanol–water partition coefficient (Wildman–Crippen LogP) is 3.18. The predicted molar refractivity (Wildman–Crippen MR) is 77.0 cm³/mol. The number of anilines is 1. The van der Waals surface area contributed by atoms with Crippen LogP contribution in [0, 0.1) is 0 Å². The Morgan fingerprint density at radius 1 is 1.35 bits per heavy atom. The number of likely N-dealkylation sites (tertiary alicyclic amines) is 1. The first-order chi connectivity index (χ1) is 9.54. The van der Waals surface area contributed by atoms with Crippen molar-refractivity contribution in [1.29, 1.82) is 0 Å². The number of nitrogens with zero attached hydrogens (tertiary/aromatic N) is 1. The van der Waals surface area contributed by atoms with Gasteiger partial charge in [0.2, 0.25) is 0 Å². The molecule has 1 aliphatic heterocycles. The molecule has 0 spiro atoms. The Morgan fingerprint density at radius 3 is 2.70 bits per heavy atom. The number of carbonyl (C=O) groups is 2. The zero-order chi connectivity index (χ0) is 14.7. The SMILES string of the molecule is CCC1CCC(C)N1C(=O)Nc1ccccc1C(=O)O. The lowest BCUT2D eigenvalue weighted by Gasteiger charge is -2.28. The number of hydrogen-bond donors (Lipinski definition) is 2. The number of amides is 2. The van der Waals surface area contributed by atoms with Crippen molar-refractivity contribution in [1.82, 2.24) is 4.90 Å². The normalized spacial score (nSPS) is 21.8. The fourth-order valence-electron chi connectivity index (χ4n) is 2.80. The van der Waals surface area contributed by atoms with Crippen molar-refractivity contribution in [3.8, 4) is 0 Å². The van der Waals surface area contributed by atoms with Gasteiger partial charge in [0.05, 0.1) is 11.3 Å². The largest absolute Gasteiger partial charge is 0.478 e. The van der Waals surface area contributed by atoms with Crippen LogP contribution in [0.3, 0.4) is 0 Å². The maximum Gasteiger partial charge on any atom is 0.337 e. The van der Waals surface area contributed by atoms with Crippen LogP contribution in [-0.2, 0) is 0 Å². The molecule has 1 aromatic carbocycles. The third kappa shape index (κ3) is 2.76. The number of hydrogen-bond acceptors (Lipinski definition) is 2. The molecule has 1 aliphatic rings. The molecule has 0 saturated carbocycles. The Kier molecular flexibility index (Phi) is 4.27. The molecule has 0 radical (unpaired) electrons. The average molecular weight is 276 g/mol. The lowest BCUT2D eigenvalue weighted by molar-refractivity contribution is 0.0698. The first-order valence-corrected chi connectivity index (χ1v) is 6.96. The molecule has 2 N–H and O–H groups in total. The summed E-state index contributed by atoms with van der Waals surface area (Å²) >= 11 is 0. The molecule has 1 saturated heterocycles. The van der Waals surface area contributed by atoms with Crippen molar-refractivity contribution >= 4 is 17.7 Å². The molecule has 1 aromatic rings. The first kappa shape index (κ1) is 14.4. The van der Waals surface area contributed by atoms with Crippen LogP contribution in [0.15, 0.2) is 24.3 Å². The van der Waals surface area contributed by atoms with Crippen molar-refractivity contribution in [2.24, 2.45) is 0 Å². The number of carboxylic acids is 1. The minimum absolute atomic E-state index is 0.112. The summed E-state index contributed by atoms with van der Waals surface area (Å²) in [5, 5.41) is 11.9. The fourth-order valence-corrected chi connectivity index (χ4v) is 2.80. The van der Waals surface area contributed by atoms with Crippen molar-refractivity contribution in [3.63, 3.8) is 0 Å². The van der Waals surface area contributed by atoms with Crippen LogP contribution in [0.5, 0.6) is 0 Å². The van der Waals surface area contributed by atoms with E-state index in [1.165, 1.54) is 6.07 Å².